The number of rotatable bonds is 5. The SMILES string of the molecule is CCc1ccc2c(c1)sc(=NC(=O)C(C)C)n2CCSC. The molecule has 1 amide bonds. The quantitative estimate of drug-likeness (QED) is 0.841. The van der Waals surface area contributed by atoms with Crippen LogP contribution in [0.2, 0.25) is 0 Å². The summed E-state index contributed by atoms with van der Waals surface area (Å²) >= 11 is 3.42. The molecule has 1 heterocycles. The molecule has 2 aromatic rings. The van der Waals surface area contributed by atoms with Crippen LogP contribution in [0.3, 0.4) is 0 Å². The largest absolute Gasteiger partial charge is 0.316 e. The van der Waals surface area contributed by atoms with Crippen LogP contribution in [0.25, 0.3) is 10.2 Å². The van der Waals surface area contributed by atoms with Crippen molar-refractivity contribution >= 4 is 39.2 Å². The van der Waals surface area contributed by atoms with Crippen LogP contribution < -0.4 is 4.80 Å². The zero-order chi connectivity index (χ0) is 15.4. The zero-order valence-corrected chi connectivity index (χ0v) is 14.7. The van der Waals surface area contributed by atoms with E-state index in [4.69, 9.17) is 0 Å². The Hall–Kier alpha value is -1.07. The number of hydrogen-bond donors (Lipinski definition) is 0. The molecule has 0 saturated carbocycles. The van der Waals surface area contributed by atoms with E-state index in [1.165, 1.54) is 15.8 Å². The van der Waals surface area contributed by atoms with E-state index >= 15 is 0 Å². The topological polar surface area (TPSA) is 34.4 Å². The van der Waals surface area contributed by atoms with Gasteiger partial charge in [-0.2, -0.15) is 16.8 Å². The molecule has 0 aliphatic rings. The van der Waals surface area contributed by atoms with E-state index in [1.807, 2.05) is 25.6 Å². The molecule has 0 radical (unpaired) electrons. The number of nitrogens with zero attached hydrogens (tertiary/aromatic N) is 2. The van der Waals surface area contributed by atoms with Gasteiger partial charge in [-0.15, -0.1) is 0 Å². The van der Waals surface area contributed by atoms with Crippen molar-refractivity contribution < 1.29 is 4.79 Å². The molecule has 1 aromatic heterocycles. The van der Waals surface area contributed by atoms with Gasteiger partial charge < -0.3 is 4.57 Å². The molecule has 0 unspecified atom stereocenters. The number of thiazole rings is 1. The monoisotopic (exact) mass is 322 g/mol. The number of aromatic nitrogens is 1. The molecule has 0 saturated heterocycles. The summed E-state index contributed by atoms with van der Waals surface area (Å²) in [5.74, 6) is 0.912. The van der Waals surface area contributed by atoms with Gasteiger partial charge in [-0.25, -0.2) is 0 Å². The standard InChI is InChI=1S/C16H22N2OS2/c1-5-12-6-7-13-14(10-12)21-16(17-15(19)11(2)3)18(13)8-9-20-4/h6-7,10-11H,5,8-9H2,1-4H3. The van der Waals surface area contributed by atoms with Gasteiger partial charge in [-0.3, -0.25) is 4.79 Å². The van der Waals surface area contributed by atoms with Crippen LogP contribution in [0.5, 0.6) is 0 Å². The Morgan fingerprint density at radius 2 is 2.19 bits per heavy atom. The highest BCUT2D eigenvalue weighted by Crippen LogP contribution is 2.20. The smallest absolute Gasteiger partial charge is 0.250 e. The fourth-order valence-corrected chi connectivity index (χ4v) is 3.54. The van der Waals surface area contributed by atoms with Crippen molar-refractivity contribution in [1.29, 1.82) is 0 Å². The van der Waals surface area contributed by atoms with Crippen molar-refractivity contribution in [2.24, 2.45) is 10.9 Å². The van der Waals surface area contributed by atoms with Crippen LogP contribution in [0.4, 0.5) is 0 Å². The highest BCUT2D eigenvalue weighted by Gasteiger charge is 2.10. The third-order valence-electron chi connectivity index (χ3n) is 3.37. The molecule has 0 aliphatic heterocycles. The minimum Gasteiger partial charge on any atom is -0.316 e. The number of amides is 1. The summed E-state index contributed by atoms with van der Waals surface area (Å²) in [6, 6.07) is 6.54. The van der Waals surface area contributed by atoms with Crippen molar-refractivity contribution in [1.82, 2.24) is 4.57 Å². The van der Waals surface area contributed by atoms with E-state index in [1.54, 1.807) is 11.3 Å². The van der Waals surface area contributed by atoms with Crippen molar-refractivity contribution in [3.63, 3.8) is 0 Å². The van der Waals surface area contributed by atoms with Gasteiger partial charge in [-0.05, 0) is 30.4 Å². The molecule has 0 aliphatic carbocycles. The van der Waals surface area contributed by atoms with Gasteiger partial charge in [0.15, 0.2) is 4.80 Å². The summed E-state index contributed by atoms with van der Waals surface area (Å²) in [5.41, 5.74) is 2.50. The maximum atomic E-state index is 12.0. The second-order valence-electron chi connectivity index (χ2n) is 5.29. The fourth-order valence-electron chi connectivity index (χ4n) is 2.04. The number of carbonyl (C=O) groups excluding carboxylic acids is 1. The first-order valence-electron chi connectivity index (χ1n) is 7.26. The first-order valence-corrected chi connectivity index (χ1v) is 9.47. The van der Waals surface area contributed by atoms with Crippen LogP contribution in [-0.2, 0) is 17.8 Å². The summed E-state index contributed by atoms with van der Waals surface area (Å²) in [6.07, 6.45) is 3.12. The summed E-state index contributed by atoms with van der Waals surface area (Å²) in [7, 11) is 0. The lowest BCUT2D eigenvalue weighted by Crippen LogP contribution is -2.19. The molecule has 21 heavy (non-hydrogen) atoms. The summed E-state index contributed by atoms with van der Waals surface area (Å²) in [4.78, 5) is 17.1. The second-order valence-corrected chi connectivity index (χ2v) is 7.28. The van der Waals surface area contributed by atoms with Gasteiger partial charge in [0.05, 0.1) is 10.2 Å². The van der Waals surface area contributed by atoms with Crippen LogP contribution in [0, 0.1) is 5.92 Å². The van der Waals surface area contributed by atoms with Gasteiger partial charge in [0.2, 0.25) is 0 Å². The zero-order valence-electron chi connectivity index (χ0n) is 13.0. The van der Waals surface area contributed by atoms with Gasteiger partial charge in [-0.1, -0.05) is 38.2 Å². The molecule has 0 spiro atoms. The summed E-state index contributed by atoms with van der Waals surface area (Å²) in [6.45, 7) is 6.82. The Bertz CT molecular complexity index is 698. The van der Waals surface area contributed by atoms with Crippen LogP contribution in [-0.4, -0.2) is 22.5 Å². The molecule has 114 valence electrons. The van der Waals surface area contributed by atoms with Gasteiger partial charge in [0.1, 0.15) is 0 Å². The maximum Gasteiger partial charge on any atom is 0.250 e. The van der Waals surface area contributed by atoms with Crippen LogP contribution >= 0.6 is 23.1 Å². The minimum absolute atomic E-state index is 0.0461. The van der Waals surface area contributed by atoms with Crippen molar-refractivity contribution in [3.05, 3.63) is 28.6 Å². The van der Waals surface area contributed by atoms with Gasteiger partial charge in [0, 0.05) is 18.2 Å². The van der Waals surface area contributed by atoms with Crippen LogP contribution in [0.15, 0.2) is 23.2 Å². The van der Waals surface area contributed by atoms with E-state index in [9.17, 15) is 4.79 Å². The normalized spacial score (nSPS) is 12.5. The number of hydrogen-bond acceptors (Lipinski definition) is 3. The van der Waals surface area contributed by atoms with Crippen molar-refractivity contribution in [3.8, 4) is 0 Å². The molecule has 0 fully saturated rings. The summed E-state index contributed by atoms with van der Waals surface area (Å²) in [5, 5.41) is 0. The number of carbonyl (C=O) groups is 1. The lowest BCUT2D eigenvalue weighted by molar-refractivity contribution is -0.120. The van der Waals surface area contributed by atoms with E-state index < -0.39 is 0 Å². The Labute approximate surface area is 134 Å². The number of benzene rings is 1. The molecular formula is C16H22N2OS2. The third kappa shape index (κ3) is 3.77. The highest BCUT2D eigenvalue weighted by molar-refractivity contribution is 7.98. The van der Waals surface area contributed by atoms with Gasteiger partial charge in [0.25, 0.3) is 5.91 Å². The molecule has 5 heteroatoms. The fraction of sp³-hybridized carbons (Fsp3) is 0.500. The summed E-state index contributed by atoms with van der Waals surface area (Å²) < 4.78 is 3.39. The average Bonchev–Trinajstić information content (AvgIpc) is 2.81. The average molecular weight is 322 g/mol. The molecule has 3 nitrogen and oxygen atoms in total. The predicted octanol–water partition coefficient (Wildman–Crippen LogP) is 3.71. The number of aryl methyl sites for hydroxylation is 2. The second kappa shape index (κ2) is 7.27. The predicted molar refractivity (Wildman–Crippen MR) is 93.0 cm³/mol. The number of fused-ring (bicyclic) bond motifs is 1. The first-order chi connectivity index (χ1) is 10.1. The van der Waals surface area contributed by atoms with E-state index in [2.05, 4.69) is 40.9 Å². The highest BCUT2D eigenvalue weighted by atomic mass is 32.2. The Morgan fingerprint density at radius 3 is 2.81 bits per heavy atom. The Kier molecular flexibility index (Phi) is 5.65. The lowest BCUT2D eigenvalue weighted by Gasteiger charge is -2.04. The Morgan fingerprint density at radius 1 is 1.43 bits per heavy atom. The molecule has 0 bridgehead atoms. The molecule has 1 aromatic carbocycles. The number of thioether (sulfide) groups is 1. The third-order valence-corrected chi connectivity index (χ3v) is 5.01. The molecule has 0 N–H and O–H groups in total. The van der Waals surface area contributed by atoms with E-state index in [0.717, 1.165) is 23.5 Å². The minimum atomic E-state index is -0.0598. The molecule has 2 rings (SSSR count). The van der Waals surface area contributed by atoms with Crippen molar-refractivity contribution in [2.75, 3.05) is 12.0 Å². The first kappa shape index (κ1) is 16.3. The van der Waals surface area contributed by atoms with E-state index in [-0.39, 0.29) is 11.8 Å². The maximum absolute atomic E-state index is 12.0. The lowest BCUT2D eigenvalue weighted by atomic mass is 10.2. The Balaban J connectivity index is 2.59. The van der Waals surface area contributed by atoms with Crippen LogP contribution in [0.1, 0.15) is 26.3 Å². The van der Waals surface area contributed by atoms with Gasteiger partial charge >= 0.3 is 0 Å². The molecular weight excluding hydrogens is 300 g/mol. The van der Waals surface area contributed by atoms with E-state index in [0.29, 0.717) is 0 Å². The molecule has 0 atom stereocenters. The van der Waals surface area contributed by atoms with Crippen molar-refractivity contribution in [2.45, 2.75) is 33.7 Å².